The number of rotatable bonds is 2. The number of halogens is 4. The molecule has 2 atom stereocenters. The molecule has 0 radical (unpaired) electrons. The van der Waals surface area contributed by atoms with E-state index in [1.807, 2.05) is 0 Å². The highest BCUT2D eigenvalue weighted by atomic mass is 35.5. The molecule has 1 N–H and O–H groups in total. The Morgan fingerprint density at radius 1 is 1.18 bits per heavy atom. The zero-order chi connectivity index (χ0) is 16.1. The molecule has 0 unspecified atom stereocenters. The van der Waals surface area contributed by atoms with E-state index < -0.39 is 26.8 Å². The SMILES string of the molecule is O=S(=O)(c1ccc(C(F)(F)F)cc1Cl)N1C[C@H]2CNC[C@H]2C1. The van der Waals surface area contributed by atoms with Gasteiger partial charge in [0.2, 0.25) is 10.0 Å². The van der Waals surface area contributed by atoms with Gasteiger partial charge in [-0.15, -0.1) is 0 Å². The predicted molar refractivity (Wildman–Crippen MR) is 75.1 cm³/mol. The second-order valence-electron chi connectivity index (χ2n) is 5.64. The third kappa shape index (κ3) is 2.73. The fourth-order valence-electron chi connectivity index (χ4n) is 3.03. The topological polar surface area (TPSA) is 49.4 Å². The van der Waals surface area contributed by atoms with Crippen molar-refractivity contribution in [3.8, 4) is 0 Å². The van der Waals surface area contributed by atoms with Crippen molar-refractivity contribution in [3.63, 3.8) is 0 Å². The molecule has 0 amide bonds. The van der Waals surface area contributed by atoms with Crippen LogP contribution in [0.4, 0.5) is 13.2 Å². The Morgan fingerprint density at radius 2 is 1.77 bits per heavy atom. The van der Waals surface area contributed by atoms with Crippen molar-refractivity contribution in [2.24, 2.45) is 11.8 Å². The second-order valence-corrected chi connectivity index (χ2v) is 7.96. The first-order valence-corrected chi connectivity index (χ1v) is 8.59. The van der Waals surface area contributed by atoms with Gasteiger partial charge in [0.15, 0.2) is 0 Å². The lowest BCUT2D eigenvalue weighted by molar-refractivity contribution is -0.137. The zero-order valence-electron chi connectivity index (χ0n) is 11.4. The molecule has 9 heteroatoms. The summed E-state index contributed by atoms with van der Waals surface area (Å²) in [5.74, 6) is 0.506. The van der Waals surface area contributed by atoms with Crippen LogP contribution in [0.5, 0.6) is 0 Å². The minimum absolute atomic E-state index is 0.253. The van der Waals surface area contributed by atoms with Crippen LogP contribution >= 0.6 is 11.6 Å². The van der Waals surface area contributed by atoms with Crippen LogP contribution in [0.15, 0.2) is 23.1 Å². The van der Waals surface area contributed by atoms with Gasteiger partial charge < -0.3 is 5.32 Å². The number of alkyl halides is 3. The molecular weight excluding hydrogens is 341 g/mol. The highest BCUT2D eigenvalue weighted by Crippen LogP contribution is 2.36. The van der Waals surface area contributed by atoms with Crippen LogP contribution in [0.3, 0.4) is 0 Å². The molecule has 0 spiro atoms. The summed E-state index contributed by atoms with van der Waals surface area (Å²) in [4.78, 5) is -0.268. The smallest absolute Gasteiger partial charge is 0.316 e. The largest absolute Gasteiger partial charge is 0.416 e. The molecule has 2 saturated heterocycles. The van der Waals surface area contributed by atoms with Crippen molar-refractivity contribution in [2.45, 2.75) is 11.1 Å². The van der Waals surface area contributed by atoms with Crippen molar-refractivity contribution >= 4 is 21.6 Å². The van der Waals surface area contributed by atoms with E-state index in [1.54, 1.807) is 0 Å². The van der Waals surface area contributed by atoms with Crippen LogP contribution in [0.25, 0.3) is 0 Å². The molecule has 1 aromatic carbocycles. The number of nitrogens with one attached hydrogen (secondary N) is 1. The Labute approximate surface area is 131 Å². The first-order valence-electron chi connectivity index (χ1n) is 6.77. The molecule has 0 aromatic heterocycles. The third-order valence-corrected chi connectivity index (χ3v) is 6.55. The fourth-order valence-corrected chi connectivity index (χ4v) is 5.11. The number of fused-ring (bicyclic) bond motifs is 1. The van der Waals surface area contributed by atoms with Gasteiger partial charge in [-0.2, -0.15) is 17.5 Å². The van der Waals surface area contributed by atoms with E-state index in [0.29, 0.717) is 19.2 Å². The van der Waals surface area contributed by atoms with Gasteiger partial charge in [-0.05, 0) is 43.1 Å². The Balaban J connectivity index is 1.90. The quantitative estimate of drug-likeness (QED) is 0.885. The van der Waals surface area contributed by atoms with Gasteiger partial charge in [-0.25, -0.2) is 8.42 Å². The van der Waals surface area contributed by atoms with Gasteiger partial charge in [0.25, 0.3) is 0 Å². The summed E-state index contributed by atoms with van der Waals surface area (Å²) < 4.78 is 64.4. The lowest BCUT2D eigenvalue weighted by Gasteiger charge is -2.19. The summed E-state index contributed by atoms with van der Waals surface area (Å²) in [6.45, 7) is 2.27. The number of nitrogens with zero attached hydrogens (tertiary/aromatic N) is 1. The van der Waals surface area contributed by atoms with Gasteiger partial charge in [0.1, 0.15) is 4.90 Å². The van der Waals surface area contributed by atoms with Crippen molar-refractivity contribution in [2.75, 3.05) is 26.2 Å². The molecule has 0 saturated carbocycles. The highest BCUT2D eigenvalue weighted by molar-refractivity contribution is 7.89. The van der Waals surface area contributed by atoms with Crippen molar-refractivity contribution < 1.29 is 21.6 Å². The van der Waals surface area contributed by atoms with Crippen molar-refractivity contribution in [3.05, 3.63) is 28.8 Å². The maximum Gasteiger partial charge on any atom is 0.416 e. The summed E-state index contributed by atoms with van der Waals surface area (Å²) >= 11 is 5.80. The van der Waals surface area contributed by atoms with Gasteiger partial charge in [-0.1, -0.05) is 11.6 Å². The average molecular weight is 355 g/mol. The molecule has 4 nitrogen and oxygen atoms in total. The van der Waals surface area contributed by atoms with Crippen LogP contribution in [0, 0.1) is 11.8 Å². The Morgan fingerprint density at radius 3 is 2.27 bits per heavy atom. The molecule has 22 heavy (non-hydrogen) atoms. The van der Waals surface area contributed by atoms with E-state index in [2.05, 4.69) is 5.32 Å². The number of benzene rings is 1. The number of hydrogen-bond acceptors (Lipinski definition) is 3. The van der Waals surface area contributed by atoms with E-state index in [4.69, 9.17) is 11.6 Å². The minimum Gasteiger partial charge on any atom is -0.316 e. The lowest BCUT2D eigenvalue weighted by Crippen LogP contribution is -2.32. The molecule has 2 fully saturated rings. The number of hydrogen-bond donors (Lipinski definition) is 1. The van der Waals surface area contributed by atoms with Crippen LogP contribution in [-0.4, -0.2) is 38.9 Å². The normalized spacial score (nSPS) is 26.4. The van der Waals surface area contributed by atoms with Crippen LogP contribution < -0.4 is 5.32 Å². The van der Waals surface area contributed by atoms with Crippen LogP contribution in [0.2, 0.25) is 5.02 Å². The molecular formula is C13H14ClF3N2O2S. The monoisotopic (exact) mass is 354 g/mol. The second kappa shape index (κ2) is 5.36. The highest BCUT2D eigenvalue weighted by Gasteiger charge is 2.42. The predicted octanol–water partition coefficient (Wildman–Crippen LogP) is 2.20. The fraction of sp³-hybridized carbons (Fsp3) is 0.538. The Bertz CT molecular complexity index is 681. The zero-order valence-corrected chi connectivity index (χ0v) is 13.0. The molecule has 2 heterocycles. The summed E-state index contributed by atoms with van der Waals surface area (Å²) in [6.07, 6.45) is -4.55. The first-order chi connectivity index (χ1) is 10.2. The molecule has 2 aliphatic heterocycles. The number of sulfonamides is 1. The van der Waals surface area contributed by atoms with Crippen LogP contribution in [-0.2, 0) is 16.2 Å². The molecule has 0 bridgehead atoms. The maximum atomic E-state index is 12.6. The first kappa shape index (κ1) is 16.0. The molecule has 122 valence electrons. The molecule has 0 aliphatic carbocycles. The van der Waals surface area contributed by atoms with E-state index in [1.165, 1.54) is 4.31 Å². The Hall–Kier alpha value is -0.830. The molecule has 1 aromatic rings. The van der Waals surface area contributed by atoms with Gasteiger partial charge in [0, 0.05) is 13.1 Å². The van der Waals surface area contributed by atoms with E-state index in [0.717, 1.165) is 25.2 Å². The molecule has 2 aliphatic rings. The van der Waals surface area contributed by atoms with E-state index >= 15 is 0 Å². The van der Waals surface area contributed by atoms with E-state index in [9.17, 15) is 21.6 Å². The van der Waals surface area contributed by atoms with Crippen molar-refractivity contribution in [1.82, 2.24) is 9.62 Å². The van der Waals surface area contributed by atoms with E-state index in [-0.39, 0.29) is 16.7 Å². The Kier molecular flexibility index (Phi) is 3.91. The summed E-state index contributed by atoms with van der Waals surface area (Å²) in [5, 5.41) is 2.80. The lowest BCUT2D eigenvalue weighted by atomic mass is 10.0. The van der Waals surface area contributed by atoms with Crippen LogP contribution in [0.1, 0.15) is 5.56 Å². The van der Waals surface area contributed by atoms with Gasteiger partial charge >= 0.3 is 6.18 Å². The summed E-state index contributed by atoms with van der Waals surface area (Å²) in [7, 11) is -3.87. The molecule has 3 rings (SSSR count). The standard InChI is InChI=1S/C13H14ClF3N2O2S/c14-11-3-10(13(15,16)17)1-2-12(11)22(20,21)19-6-8-4-18-5-9(8)7-19/h1-3,8-9,18H,4-7H2/t8-,9+. The van der Waals surface area contributed by atoms with Crippen molar-refractivity contribution in [1.29, 1.82) is 0 Å². The summed E-state index contributed by atoms with van der Waals surface area (Å²) in [5.41, 5.74) is -0.959. The maximum absolute atomic E-state index is 12.6. The minimum atomic E-state index is -4.55. The van der Waals surface area contributed by atoms with Gasteiger partial charge in [-0.3, -0.25) is 0 Å². The van der Waals surface area contributed by atoms with Gasteiger partial charge in [0.05, 0.1) is 10.6 Å². The third-order valence-electron chi connectivity index (χ3n) is 4.23. The summed E-state index contributed by atoms with van der Waals surface area (Å²) in [6, 6.07) is 2.34. The average Bonchev–Trinajstić information content (AvgIpc) is 2.97.